The third-order valence-corrected chi connectivity index (χ3v) is 8.87. The van der Waals surface area contributed by atoms with Gasteiger partial charge in [0.15, 0.2) is 0 Å². The maximum absolute atomic E-state index is 13.7. The highest BCUT2D eigenvalue weighted by atomic mass is 19.4. The number of halogens is 9. The third-order valence-electron chi connectivity index (χ3n) is 8.87. The van der Waals surface area contributed by atoms with Gasteiger partial charge in [0.25, 0.3) is 0 Å². The van der Waals surface area contributed by atoms with E-state index >= 15 is 0 Å². The Balaban J connectivity index is 1.56. The van der Waals surface area contributed by atoms with Crippen molar-refractivity contribution in [1.82, 2.24) is 9.88 Å². The first-order valence-corrected chi connectivity index (χ1v) is 16.1. The number of carbonyl (C=O) groups excluding carboxylic acids is 1. The fraction of sp³-hybridized carbons (Fsp3) is 0.371. The zero-order chi connectivity index (χ0) is 39.9. The number of hydrogen-bond acceptors (Lipinski definition) is 8. The van der Waals surface area contributed by atoms with E-state index in [1.165, 1.54) is 39.3 Å². The predicted octanol–water partition coefficient (Wildman–Crippen LogP) is 8.39. The number of amides is 1. The number of rotatable bonds is 10. The lowest BCUT2D eigenvalue weighted by atomic mass is 9.95. The summed E-state index contributed by atoms with van der Waals surface area (Å²) < 4.78 is 132. The highest BCUT2D eigenvalue weighted by molar-refractivity contribution is 6.08. The predicted molar refractivity (Wildman–Crippen MR) is 177 cm³/mol. The first-order valence-electron chi connectivity index (χ1n) is 16.1. The van der Waals surface area contributed by atoms with Crippen molar-refractivity contribution >= 4 is 29.8 Å². The van der Waals surface area contributed by atoms with Crippen LogP contribution in [0.1, 0.15) is 47.4 Å². The first-order chi connectivity index (χ1) is 25.1. The monoisotopic (exact) mass is 773 g/mol. The summed E-state index contributed by atoms with van der Waals surface area (Å²) in [6, 6.07) is 6.27. The molecule has 3 heterocycles. The van der Waals surface area contributed by atoms with Crippen LogP contribution >= 0.6 is 0 Å². The molecule has 2 aromatic carbocycles. The Hall–Kier alpha value is -5.49. The van der Waals surface area contributed by atoms with Gasteiger partial charge in [-0.3, -0.25) is 9.91 Å². The lowest BCUT2D eigenvalue weighted by Crippen LogP contribution is -2.38. The molecule has 1 N–H and O–H groups in total. The molecule has 2 saturated heterocycles. The van der Waals surface area contributed by atoms with Crippen molar-refractivity contribution in [1.29, 1.82) is 0 Å². The van der Waals surface area contributed by atoms with E-state index in [-0.39, 0.29) is 29.7 Å². The van der Waals surface area contributed by atoms with Crippen molar-refractivity contribution in [2.75, 3.05) is 37.2 Å². The van der Waals surface area contributed by atoms with Crippen LogP contribution in [0, 0.1) is 6.92 Å². The summed E-state index contributed by atoms with van der Waals surface area (Å²) in [6.07, 6.45) is -16.7. The third kappa shape index (κ3) is 8.65. The molecule has 0 radical (unpaired) electrons. The van der Waals surface area contributed by atoms with Crippen LogP contribution in [-0.4, -0.2) is 72.7 Å². The van der Waals surface area contributed by atoms with E-state index in [9.17, 15) is 54.2 Å². The van der Waals surface area contributed by atoms with Crippen LogP contribution in [0.5, 0.6) is 5.75 Å². The van der Waals surface area contributed by atoms with Gasteiger partial charge in [-0.15, -0.1) is 0 Å². The molecule has 2 unspecified atom stereocenters. The molecule has 290 valence electrons. The van der Waals surface area contributed by atoms with Crippen LogP contribution < -0.4 is 14.6 Å². The lowest BCUT2D eigenvalue weighted by Gasteiger charge is -2.33. The SMILES string of the molecule is COc1ccc(N(C)/N=C\C(=C\C(F)(F)F)C(=O)O)cc1-c1c(C)cc(N2CCC2)nc1CN1C(=O)OC(c2cc(C(F)(F)F)cc(C(F)(F)F)c2)C1C. The summed E-state index contributed by atoms with van der Waals surface area (Å²) in [5.74, 6) is -1.04. The zero-order valence-corrected chi connectivity index (χ0v) is 28.9. The highest BCUT2D eigenvalue weighted by Gasteiger charge is 2.44. The number of aliphatic carboxylic acids is 1. The van der Waals surface area contributed by atoms with E-state index in [1.807, 2.05) is 4.90 Å². The standard InChI is InChI=1S/C35H32F9N5O5/c1-18-10-28(48-8-5-9-48)46-26(17-49-19(2)30(54-32(49)52)20-11-22(34(39,40)41)13-23(12-20)35(42,43)44)29(18)25-14-24(6-7-27(25)53-4)47(3)45-16-21(31(50)51)15-33(36,37)38/h6-7,10-16,19,30H,5,8-9,17H2,1-4H3,(H,50,51)/b21-15-,45-16-. The minimum absolute atomic E-state index is 0.0163. The number of anilines is 2. The van der Waals surface area contributed by atoms with E-state index in [0.717, 1.165) is 16.3 Å². The average Bonchev–Trinajstić information content (AvgIpc) is 3.32. The van der Waals surface area contributed by atoms with Crippen LogP contribution in [-0.2, 0) is 28.4 Å². The maximum Gasteiger partial charge on any atom is 0.416 e. The molecule has 0 saturated carbocycles. The van der Waals surface area contributed by atoms with Crippen molar-refractivity contribution in [3.8, 4) is 16.9 Å². The van der Waals surface area contributed by atoms with Crippen molar-refractivity contribution in [3.63, 3.8) is 0 Å². The molecule has 2 fully saturated rings. The number of aryl methyl sites for hydroxylation is 1. The van der Waals surface area contributed by atoms with Gasteiger partial charge in [-0.05, 0) is 73.9 Å². The van der Waals surface area contributed by atoms with Crippen molar-refractivity contribution in [3.05, 3.63) is 82.1 Å². The second kappa shape index (κ2) is 14.7. The van der Waals surface area contributed by atoms with Gasteiger partial charge in [0.2, 0.25) is 0 Å². The lowest BCUT2D eigenvalue weighted by molar-refractivity contribution is -0.143. The number of pyridine rings is 1. The molecule has 1 aromatic heterocycles. The summed E-state index contributed by atoms with van der Waals surface area (Å²) in [5.41, 5.74) is -2.85. The number of carboxylic acids is 1. The van der Waals surface area contributed by atoms with Gasteiger partial charge < -0.3 is 19.5 Å². The van der Waals surface area contributed by atoms with E-state index < -0.39 is 71.1 Å². The highest BCUT2D eigenvalue weighted by Crippen LogP contribution is 2.43. The molecule has 5 rings (SSSR count). The number of carboxylic acid groups (broad SMARTS) is 1. The maximum atomic E-state index is 13.7. The Morgan fingerprint density at radius 3 is 2.19 bits per heavy atom. The van der Waals surface area contributed by atoms with E-state index in [2.05, 4.69) is 5.10 Å². The number of aromatic nitrogens is 1. The van der Waals surface area contributed by atoms with E-state index in [0.29, 0.717) is 53.9 Å². The second-order valence-corrected chi connectivity index (χ2v) is 12.6. The Kier molecular flexibility index (Phi) is 10.8. The number of nitrogens with zero attached hydrogens (tertiary/aromatic N) is 5. The first kappa shape index (κ1) is 39.7. The molecule has 54 heavy (non-hydrogen) atoms. The molecule has 0 bridgehead atoms. The smallest absolute Gasteiger partial charge is 0.416 e. The molecule has 3 aromatic rings. The van der Waals surface area contributed by atoms with Crippen LogP contribution in [0.2, 0.25) is 0 Å². The van der Waals surface area contributed by atoms with Gasteiger partial charge in [-0.25, -0.2) is 14.6 Å². The summed E-state index contributed by atoms with van der Waals surface area (Å²) in [6.45, 7) is 4.20. The number of cyclic esters (lactones) is 1. The largest absolute Gasteiger partial charge is 0.496 e. The summed E-state index contributed by atoms with van der Waals surface area (Å²) in [4.78, 5) is 32.6. The number of hydrazone groups is 1. The Morgan fingerprint density at radius 2 is 1.67 bits per heavy atom. The number of methoxy groups -OCH3 is 1. The fourth-order valence-corrected chi connectivity index (χ4v) is 6.01. The van der Waals surface area contributed by atoms with E-state index in [1.54, 1.807) is 13.0 Å². The Labute approximate surface area is 302 Å². The van der Waals surface area contributed by atoms with E-state index in [4.69, 9.17) is 14.5 Å². The van der Waals surface area contributed by atoms with Gasteiger partial charge in [0.05, 0.1) is 54.0 Å². The molecular formula is C35H32F9N5O5. The van der Waals surface area contributed by atoms with Crippen molar-refractivity contribution in [2.45, 2.75) is 57.5 Å². The van der Waals surface area contributed by atoms with Crippen molar-refractivity contribution in [2.24, 2.45) is 5.10 Å². The summed E-state index contributed by atoms with van der Waals surface area (Å²) in [7, 11) is 2.72. The van der Waals surface area contributed by atoms with Crippen LogP contribution in [0.15, 0.2) is 59.2 Å². The molecule has 2 atom stereocenters. The second-order valence-electron chi connectivity index (χ2n) is 12.6. The molecule has 2 aliphatic rings. The number of hydrogen-bond donors (Lipinski definition) is 1. The molecule has 2 aliphatic heterocycles. The van der Waals surface area contributed by atoms with Crippen LogP contribution in [0.4, 0.5) is 55.8 Å². The average molecular weight is 774 g/mol. The Bertz CT molecular complexity index is 1960. The Morgan fingerprint density at radius 1 is 1.04 bits per heavy atom. The van der Waals surface area contributed by atoms with Crippen molar-refractivity contribution < 1.29 is 63.7 Å². The van der Waals surface area contributed by atoms with Gasteiger partial charge in [-0.1, -0.05) is 0 Å². The number of ether oxygens (including phenoxy) is 2. The van der Waals surface area contributed by atoms with Crippen LogP contribution in [0.25, 0.3) is 11.1 Å². The normalized spacial score (nSPS) is 18.2. The fourth-order valence-electron chi connectivity index (χ4n) is 6.01. The minimum atomic E-state index is -5.12. The molecule has 10 nitrogen and oxygen atoms in total. The van der Waals surface area contributed by atoms with Crippen LogP contribution in [0.3, 0.4) is 0 Å². The van der Waals surface area contributed by atoms with Gasteiger partial charge in [0, 0.05) is 37.3 Å². The molecule has 0 spiro atoms. The molecular weight excluding hydrogens is 741 g/mol. The van der Waals surface area contributed by atoms with Gasteiger partial charge in [0.1, 0.15) is 17.7 Å². The summed E-state index contributed by atoms with van der Waals surface area (Å²) in [5, 5.41) is 14.2. The topological polar surface area (TPSA) is 108 Å². The van der Waals surface area contributed by atoms with Gasteiger partial charge in [-0.2, -0.15) is 44.6 Å². The molecule has 1 amide bonds. The minimum Gasteiger partial charge on any atom is -0.496 e. The number of allylic oxidation sites excluding steroid dienone is 1. The quantitative estimate of drug-likeness (QED) is 0.0948. The number of carbonyl (C=O) groups is 2. The number of alkyl halides is 9. The number of benzene rings is 2. The zero-order valence-electron chi connectivity index (χ0n) is 28.9. The summed E-state index contributed by atoms with van der Waals surface area (Å²) >= 11 is 0. The van der Waals surface area contributed by atoms with Gasteiger partial charge >= 0.3 is 30.6 Å². The molecule has 0 aliphatic carbocycles. The molecule has 19 heteroatoms.